The van der Waals surface area contributed by atoms with Gasteiger partial charge in [-0.15, -0.1) is 10.2 Å². The molecule has 0 fully saturated rings. The van der Waals surface area contributed by atoms with E-state index >= 15 is 0 Å². The Balaban J connectivity index is 1.36. The summed E-state index contributed by atoms with van der Waals surface area (Å²) < 4.78 is 0.615. The van der Waals surface area contributed by atoms with Crippen molar-refractivity contribution in [3.05, 3.63) is 77.4 Å². The van der Waals surface area contributed by atoms with E-state index in [4.69, 9.17) is 0 Å². The monoisotopic (exact) mass is 448 g/mol. The summed E-state index contributed by atoms with van der Waals surface area (Å²) in [5.74, 6) is -0.147. The van der Waals surface area contributed by atoms with Gasteiger partial charge in [0.1, 0.15) is 0 Å². The van der Waals surface area contributed by atoms with Gasteiger partial charge in [-0.2, -0.15) is 0 Å². The van der Waals surface area contributed by atoms with Gasteiger partial charge in [-0.25, -0.2) is 0 Å². The Morgan fingerprint density at radius 3 is 2.58 bits per heavy atom. The summed E-state index contributed by atoms with van der Waals surface area (Å²) in [4.78, 5) is 25.0. The summed E-state index contributed by atoms with van der Waals surface area (Å²) in [5, 5.41) is 16.1. The van der Waals surface area contributed by atoms with Crippen molar-refractivity contribution < 1.29 is 9.59 Å². The fraction of sp³-hybridized carbons (Fsp3) is 0.130. The average Bonchev–Trinajstić information content (AvgIpc) is 3.22. The number of hydrogen-bond acceptors (Lipinski definition) is 6. The van der Waals surface area contributed by atoms with Crippen molar-refractivity contribution in [1.29, 1.82) is 0 Å². The van der Waals surface area contributed by atoms with Crippen LogP contribution < -0.4 is 10.6 Å². The molecule has 2 amide bonds. The number of nitrogens with zero attached hydrogens (tertiary/aromatic N) is 2. The van der Waals surface area contributed by atoms with Gasteiger partial charge in [0, 0.05) is 11.3 Å². The smallest absolute Gasteiger partial charge is 0.258 e. The van der Waals surface area contributed by atoms with Gasteiger partial charge in [0.05, 0.1) is 5.75 Å². The summed E-state index contributed by atoms with van der Waals surface area (Å²) in [6, 6.07) is 19.1. The molecule has 0 unspecified atom stereocenters. The van der Waals surface area contributed by atoms with Gasteiger partial charge in [-0.1, -0.05) is 71.6 Å². The normalized spacial score (nSPS) is 10.8. The molecule has 0 aliphatic rings. The minimum Gasteiger partial charge on any atom is -0.325 e. The van der Waals surface area contributed by atoms with Gasteiger partial charge in [0.15, 0.2) is 4.34 Å². The first kappa shape index (κ1) is 21.0. The number of carbonyl (C=O) groups excluding carboxylic acids is 2. The fourth-order valence-electron chi connectivity index (χ4n) is 3.11. The summed E-state index contributed by atoms with van der Waals surface area (Å²) in [6.07, 6.45) is 0. The first-order valence-corrected chi connectivity index (χ1v) is 11.4. The number of anilines is 2. The minimum atomic E-state index is -0.239. The number of aromatic nitrogens is 2. The quantitative estimate of drug-likeness (QED) is 0.309. The van der Waals surface area contributed by atoms with E-state index in [1.807, 2.05) is 68.4 Å². The van der Waals surface area contributed by atoms with Crippen LogP contribution in [0.15, 0.2) is 65.0 Å². The molecule has 31 heavy (non-hydrogen) atoms. The van der Waals surface area contributed by atoms with Crippen LogP contribution in [0.5, 0.6) is 0 Å². The minimum absolute atomic E-state index is 0.116. The standard InChI is InChI=1S/C23H20N4O2S2/c1-14-7-5-12-19(15(14)2)24-20(28)13-30-23-27-26-22(31-23)25-21(29)18-11-6-9-16-8-3-4-10-17(16)18/h3-12H,13H2,1-2H3,(H,24,28)(H,25,26,29). The molecule has 3 aromatic carbocycles. The van der Waals surface area contributed by atoms with E-state index in [2.05, 4.69) is 20.8 Å². The number of nitrogens with one attached hydrogen (secondary N) is 2. The number of rotatable bonds is 6. The molecule has 0 aliphatic carbocycles. The van der Waals surface area contributed by atoms with Gasteiger partial charge in [-0.3, -0.25) is 14.9 Å². The first-order chi connectivity index (χ1) is 15.0. The van der Waals surface area contributed by atoms with E-state index in [0.717, 1.165) is 27.6 Å². The molecule has 1 aromatic heterocycles. The molecule has 0 aliphatic heterocycles. The van der Waals surface area contributed by atoms with Gasteiger partial charge in [0.25, 0.3) is 5.91 Å². The maximum atomic E-state index is 12.7. The lowest BCUT2D eigenvalue weighted by atomic mass is 10.0. The third kappa shape index (κ3) is 4.92. The number of aryl methyl sites for hydroxylation is 1. The molecule has 0 saturated heterocycles. The van der Waals surface area contributed by atoms with Gasteiger partial charge in [0.2, 0.25) is 11.0 Å². The van der Waals surface area contributed by atoms with Crippen molar-refractivity contribution in [2.45, 2.75) is 18.2 Å². The molecule has 0 atom stereocenters. The number of hydrogen-bond donors (Lipinski definition) is 2. The lowest BCUT2D eigenvalue weighted by molar-refractivity contribution is -0.113. The lowest BCUT2D eigenvalue weighted by Crippen LogP contribution is -2.15. The van der Waals surface area contributed by atoms with Crippen molar-refractivity contribution in [2.75, 3.05) is 16.4 Å². The molecule has 1 heterocycles. The zero-order valence-corrected chi connectivity index (χ0v) is 18.6. The van der Waals surface area contributed by atoms with Gasteiger partial charge < -0.3 is 5.32 Å². The van der Waals surface area contributed by atoms with Crippen LogP contribution in [0.3, 0.4) is 0 Å². The predicted molar refractivity (Wildman–Crippen MR) is 127 cm³/mol. The molecule has 6 nitrogen and oxygen atoms in total. The predicted octanol–water partition coefficient (Wildman–Crippen LogP) is 5.29. The number of fused-ring (bicyclic) bond motifs is 1. The Bertz CT molecular complexity index is 1260. The highest BCUT2D eigenvalue weighted by Crippen LogP contribution is 2.27. The van der Waals surface area contributed by atoms with E-state index in [1.54, 1.807) is 6.07 Å². The Labute approximate surface area is 188 Å². The highest BCUT2D eigenvalue weighted by molar-refractivity contribution is 8.01. The number of benzene rings is 3. The lowest BCUT2D eigenvalue weighted by Gasteiger charge is -2.09. The van der Waals surface area contributed by atoms with Crippen LogP contribution in [-0.2, 0) is 4.79 Å². The molecule has 156 valence electrons. The van der Waals surface area contributed by atoms with Crippen molar-refractivity contribution in [2.24, 2.45) is 0 Å². The summed E-state index contributed by atoms with van der Waals surface area (Å²) in [7, 11) is 0. The van der Waals surface area contributed by atoms with Crippen LogP contribution in [-0.4, -0.2) is 27.8 Å². The van der Waals surface area contributed by atoms with Crippen LogP contribution in [0, 0.1) is 13.8 Å². The fourth-order valence-corrected chi connectivity index (χ4v) is 4.65. The summed E-state index contributed by atoms with van der Waals surface area (Å²) >= 11 is 2.53. The van der Waals surface area contributed by atoms with Gasteiger partial charge >= 0.3 is 0 Å². The maximum Gasteiger partial charge on any atom is 0.258 e. The zero-order valence-electron chi connectivity index (χ0n) is 17.0. The number of carbonyl (C=O) groups is 2. The second-order valence-corrected chi connectivity index (χ2v) is 9.14. The Kier molecular flexibility index (Phi) is 6.29. The van der Waals surface area contributed by atoms with E-state index in [0.29, 0.717) is 15.0 Å². The number of amides is 2. The second kappa shape index (κ2) is 9.28. The number of thioether (sulfide) groups is 1. The highest BCUT2D eigenvalue weighted by Gasteiger charge is 2.14. The average molecular weight is 449 g/mol. The van der Waals surface area contributed by atoms with Crippen LogP contribution in [0.25, 0.3) is 10.8 Å². The van der Waals surface area contributed by atoms with Gasteiger partial charge in [-0.05, 0) is 47.9 Å². The van der Waals surface area contributed by atoms with Crippen molar-refractivity contribution in [3.8, 4) is 0 Å². The molecular formula is C23H20N4O2S2. The maximum absolute atomic E-state index is 12.7. The zero-order chi connectivity index (χ0) is 21.8. The largest absolute Gasteiger partial charge is 0.325 e. The van der Waals surface area contributed by atoms with Crippen LogP contribution in [0.1, 0.15) is 21.5 Å². The second-order valence-electron chi connectivity index (χ2n) is 6.94. The molecule has 4 rings (SSSR count). The van der Waals surface area contributed by atoms with Crippen molar-refractivity contribution >= 4 is 56.5 Å². The van der Waals surface area contributed by atoms with Crippen LogP contribution >= 0.6 is 23.1 Å². The summed E-state index contributed by atoms with van der Waals surface area (Å²) in [5.41, 5.74) is 3.57. The molecule has 0 saturated carbocycles. The third-order valence-electron chi connectivity index (χ3n) is 4.87. The Hall–Kier alpha value is -3.23. The van der Waals surface area contributed by atoms with Crippen molar-refractivity contribution in [1.82, 2.24) is 10.2 Å². The van der Waals surface area contributed by atoms with Crippen LogP contribution in [0.2, 0.25) is 0 Å². The molecule has 8 heteroatoms. The van der Waals surface area contributed by atoms with Crippen LogP contribution in [0.4, 0.5) is 10.8 Å². The van der Waals surface area contributed by atoms with E-state index < -0.39 is 0 Å². The Morgan fingerprint density at radius 1 is 0.935 bits per heavy atom. The molecule has 0 spiro atoms. The van der Waals surface area contributed by atoms with Crippen molar-refractivity contribution in [3.63, 3.8) is 0 Å². The molecule has 4 aromatic rings. The molecule has 2 N–H and O–H groups in total. The molecule has 0 radical (unpaired) electrons. The molecular weight excluding hydrogens is 428 g/mol. The van der Waals surface area contributed by atoms with E-state index in [9.17, 15) is 9.59 Å². The highest BCUT2D eigenvalue weighted by atomic mass is 32.2. The SMILES string of the molecule is Cc1cccc(NC(=O)CSc2nnc(NC(=O)c3cccc4ccccc34)s2)c1C. The van der Waals surface area contributed by atoms with E-state index in [-0.39, 0.29) is 17.6 Å². The van der Waals surface area contributed by atoms with E-state index in [1.165, 1.54) is 23.1 Å². The summed E-state index contributed by atoms with van der Waals surface area (Å²) in [6.45, 7) is 3.99. The topological polar surface area (TPSA) is 84.0 Å². The first-order valence-electron chi connectivity index (χ1n) is 9.63. The Morgan fingerprint density at radius 2 is 1.71 bits per heavy atom. The molecule has 0 bridgehead atoms. The third-order valence-corrected chi connectivity index (χ3v) is 6.84.